The number of β-amino-alcohol motifs (C(OH)–C–C–N with tert-alkyl or cyclic N) is 1. The number of halogens is 1. The van der Waals surface area contributed by atoms with E-state index in [2.05, 4.69) is 5.32 Å². The molecule has 1 aliphatic rings. The molecule has 2 atom stereocenters. The average Bonchev–Trinajstić information content (AvgIpc) is 2.82. The molecule has 1 saturated heterocycles. The van der Waals surface area contributed by atoms with Crippen molar-refractivity contribution >= 4 is 5.91 Å². The lowest BCUT2D eigenvalue weighted by atomic mass is 10.1. The van der Waals surface area contributed by atoms with Crippen LogP contribution in [0.1, 0.15) is 18.9 Å². The number of aliphatic hydroxyl groups is 1. The first-order valence-corrected chi connectivity index (χ1v) is 6.55. The third-order valence-corrected chi connectivity index (χ3v) is 3.36. The fraction of sp³-hybridized carbons (Fsp3) is 0.500. The Morgan fingerprint density at radius 1 is 1.58 bits per heavy atom. The Kier molecular flexibility index (Phi) is 4.50. The van der Waals surface area contributed by atoms with Crippen molar-refractivity contribution in [2.75, 3.05) is 13.1 Å². The van der Waals surface area contributed by atoms with Gasteiger partial charge in [0.25, 0.3) is 0 Å². The van der Waals surface area contributed by atoms with Crippen LogP contribution >= 0.6 is 0 Å². The molecule has 2 unspecified atom stereocenters. The number of nitrogens with one attached hydrogen (secondary N) is 1. The molecule has 0 aliphatic carbocycles. The highest BCUT2D eigenvalue weighted by atomic mass is 19.1. The molecular weight excluding hydrogens is 247 g/mol. The maximum absolute atomic E-state index is 13.1. The van der Waals surface area contributed by atoms with Crippen LogP contribution in [0, 0.1) is 5.82 Å². The summed E-state index contributed by atoms with van der Waals surface area (Å²) in [4.78, 5) is 13.9. The van der Waals surface area contributed by atoms with Crippen LogP contribution in [-0.4, -0.2) is 41.1 Å². The average molecular weight is 266 g/mol. The van der Waals surface area contributed by atoms with Crippen molar-refractivity contribution in [2.45, 2.75) is 32.0 Å². The molecular formula is C14H19FN2O2. The highest BCUT2D eigenvalue weighted by molar-refractivity contribution is 5.82. The Labute approximate surface area is 112 Å². The molecule has 0 radical (unpaired) electrons. The molecule has 1 heterocycles. The van der Waals surface area contributed by atoms with Crippen molar-refractivity contribution in [3.63, 3.8) is 0 Å². The smallest absolute Gasteiger partial charge is 0.240 e. The number of carbonyl (C=O) groups excluding carboxylic acids is 1. The van der Waals surface area contributed by atoms with Crippen molar-refractivity contribution in [1.82, 2.24) is 10.2 Å². The van der Waals surface area contributed by atoms with Gasteiger partial charge in [0.2, 0.25) is 5.91 Å². The second-order valence-electron chi connectivity index (χ2n) is 4.83. The minimum atomic E-state index is -0.457. The van der Waals surface area contributed by atoms with Gasteiger partial charge in [-0.1, -0.05) is 12.1 Å². The van der Waals surface area contributed by atoms with E-state index >= 15 is 0 Å². The Morgan fingerprint density at radius 3 is 2.95 bits per heavy atom. The second kappa shape index (κ2) is 6.12. The Morgan fingerprint density at radius 2 is 2.37 bits per heavy atom. The van der Waals surface area contributed by atoms with Gasteiger partial charge in [0.15, 0.2) is 0 Å². The normalized spacial score (nSPS) is 22.5. The van der Waals surface area contributed by atoms with Gasteiger partial charge in [-0.15, -0.1) is 0 Å². The number of hydrogen-bond donors (Lipinski definition) is 2. The summed E-state index contributed by atoms with van der Waals surface area (Å²) in [6.07, 6.45) is -0.0137. The van der Waals surface area contributed by atoms with Gasteiger partial charge in [-0.3, -0.25) is 4.79 Å². The van der Waals surface area contributed by atoms with Gasteiger partial charge in [0.1, 0.15) is 5.82 Å². The molecule has 19 heavy (non-hydrogen) atoms. The Bertz CT molecular complexity index is 453. The van der Waals surface area contributed by atoms with Gasteiger partial charge in [-0.05, 0) is 31.0 Å². The summed E-state index contributed by atoms with van der Waals surface area (Å²) < 4.78 is 13.1. The van der Waals surface area contributed by atoms with Crippen molar-refractivity contribution < 1.29 is 14.3 Å². The van der Waals surface area contributed by atoms with E-state index in [4.69, 9.17) is 0 Å². The number of hydrogen-bond acceptors (Lipinski definition) is 3. The van der Waals surface area contributed by atoms with Crippen molar-refractivity contribution in [1.29, 1.82) is 0 Å². The van der Waals surface area contributed by atoms with Gasteiger partial charge in [-0.2, -0.15) is 0 Å². The van der Waals surface area contributed by atoms with Crippen molar-refractivity contribution in [3.05, 3.63) is 35.6 Å². The first kappa shape index (κ1) is 14.0. The lowest BCUT2D eigenvalue weighted by molar-refractivity contribution is -0.133. The quantitative estimate of drug-likeness (QED) is 0.851. The lowest BCUT2D eigenvalue weighted by Gasteiger charge is -2.24. The second-order valence-corrected chi connectivity index (χ2v) is 4.83. The molecule has 5 heteroatoms. The number of aliphatic hydroxyl groups excluding tert-OH is 1. The van der Waals surface area contributed by atoms with Crippen LogP contribution in [0.4, 0.5) is 4.39 Å². The zero-order valence-corrected chi connectivity index (χ0v) is 11.0. The predicted octanol–water partition coefficient (Wildman–Crippen LogP) is 0.897. The summed E-state index contributed by atoms with van der Waals surface area (Å²) in [5.41, 5.74) is 0.772. The summed E-state index contributed by atoms with van der Waals surface area (Å²) in [5, 5.41) is 12.4. The molecule has 0 bridgehead atoms. The summed E-state index contributed by atoms with van der Waals surface area (Å²) in [6, 6.07) is 5.93. The number of nitrogens with zero attached hydrogens (tertiary/aromatic N) is 1. The van der Waals surface area contributed by atoms with Crippen LogP contribution in [0.5, 0.6) is 0 Å². The van der Waals surface area contributed by atoms with Crippen LogP contribution in [-0.2, 0) is 11.3 Å². The zero-order valence-electron chi connectivity index (χ0n) is 11.0. The first-order chi connectivity index (χ1) is 9.10. The molecule has 1 amide bonds. The Hall–Kier alpha value is -1.46. The molecule has 1 aromatic rings. The van der Waals surface area contributed by atoms with Gasteiger partial charge in [0, 0.05) is 19.6 Å². The van der Waals surface area contributed by atoms with E-state index in [0.29, 0.717) is 26.1 Å². The molecule has 2 N–H and O–H groups in total. The zero-order chi connectivity index (χ0) is 13.8. The molecule has 1 fully saturated rings. The highest BCUT2D eigenvalue weighted by Gasteiger charge is 2.30. The molecule has 4 nitrogen and oxygen atoms in total. The minimum Gasteiger partial charge on any atom is -0.392 e. The topological polar surface area (TPSA) is 52.6 Å². The van der Waals surface area contributed by atoms with E-state index in [9.17, 15) is 14.3 Å². The number of amides is 1. The predicted molar refractivity (Wildman–Crippen MR) is 69.9 cm³/mol. The molecule has 0 spiro atoms. The molecule has 2 rings (SSSR count). The summed E-state index contributed by atoms with van der Waals surface area (Å²) in [5.74, 6) is -0.335. The maximum atomic E-state index is 13.1. The molecule has 1 aliphatic heterocycles. The van der Waals surface area contributed by atoms with E-state index in [1.807, 2.05) is 6.92 Å². The van der Waals surface area contributed by atoms with E-state index in [-0.39, 0.29) is 17.8 Å². The van der Waals surface area contributed by atoms with Crippen molar-refractivity contribution in [3.8, 4) is 0 Å². The molecule has 0 saturated carbocycles. The van der Waals surface area contributed by atoms with Crippen LogP contribution in [0.3, 0.4) is 0 Å². The van der Waals surface area contributed by atoms with Crippen LogP contribution < -0.4 is 5.32 Å². The first-order valence-electron chi connectivity index (χ1n) is 6.55. The molecule has 1 aromatic carbocycles. The highest BCUT2D eigenvalue weighted by Crippen LogP contribution is 2.13. The fourth-order valence-corrected chi connectivity index (χ4v) is 2.33. The largest absolute Gasteiger partial charge is 0.392 e. The Balaban J connectivity index is 2.01. The van der Waals surface area contributed by atoms with E-state index < -0.39 is 6.10 Å². The van der Waals surface area contributed by atoms with E-state index in [1.165, 1.54) is 12.1 Å². The van der Waals surface area contributed by atoms with Crippen LogP contribution in [0.2, 0.25) is 0 Å². The maximum Gasteiger partial charge on any atom is 0.240 e. The fourth-order valence-electron chi connectivity index (χ4n) is 2.33. The summed E-state index contributed by atoms with van der Waals surface area (Å²) in [6.45, 7) is 3.29. The van der Waals surface area contributed by atoms with Crippen molar-refractivity contribution in [2.24, 2.45) is 0 Å². The third-order valence-electron chi connectivity index (χ3n) is 3.36. The number of benzene rings is 1. The van der Waals surface area contributed by atoms with Crippen LogP contribution in [0.15, 0.2) is 24.3 Å². The monoisotopic (exact) mass is 266 g/mol. The number of likely N-dealkylation sites (N-methyl/N-ethyl adjacent to an activating group) is 1. The van der Waals surface area contributed by atoms with Crippen LogP contribution in [0.25, 0.3) is 0 Å². The van der Waals surface area contributed by atoms with E-state index in [1.54, 1.807) is 17.0 Å². The van der Waals surface area contributed by atoms with Gasteiger partial charge < -0.3 is 15.3 Å². The number of rotatable bonds is 4. The summed E-state index contributed by atoms with van der Waals surface area (Å²) in [7, 11) is 0. The summed E-state index contributed by atoms with van der Waals surface area (Å²) >= 11 is 0. The van der Waals surface area contributed by atoms with Gasteiger partial charge in [-0.25, -0.2) is 4.39 Å². The SMILES string of the molecule is CCN(Cc1cccc(F)c1)C(=O)C1CC(O)CN1. The lowest BCUT2D eigenvalue weighted by Crippen LogP contribution is -2.43. The molecule has 0 aromatic heterocycles. The minimum absolute atomic E-state index is 0.0386. The van der Waals surface area contributed by atoms with Gasteiger partial charge >= 0.3 is 0 Å². The number of carbonyl (C=O) groups is 1. The molecule has 104 valence electrons. The van der Waals surface area contributed by atoms with E-state index in [0.717, 1.165) is 5.56 Å². The van der Waals surface area contributed by atoms with Gasteiger partial charge in [0.05, 0.1) is 12.1 Å². The standard InChI is InChI=1S/C14H19FN2O2/c1-2-17(9-10-4-3-5-11(15)6-10)14(19)13-7-12(18)8-16-13/h3-6,12-13,16,18H,2,7-9H2,1H3. The third kappa shape index (κ3) is 3.52.